The van der Waals surface area contributed by atoms with Crippen molar-refractivity contribution in [2.45, 2.75) is 19.8 Å². The summed E-state index contributed by atoms with van der Waals surface area (Å²) in [5, 5.41) is 8.52. The lowest BCUT2D eigenvalue weighted by atomic mass is 10.1. The number of rotatable bonds is 4. The van der Waals surface area contributed by atoms with Crippen LogP contribution in [0.3, 0.4) is 0 Å². The van der Waals surface area contributed by atoms with Crippen molar-refractivity contribution in [3.63, 3.8) is 0 Å². The van der Waals surface area contributed by atoms with Crippen LogP contribution in [-0.4, -0.2) is 11.1 Å². The van der Waals surface area contributed by atoms with E-state index in [0.29, 0.717) is 12.0 Å². The molecule has 0 atom stereocenters. The van der Waals surface area contributed by atoms with E-state index in [1.807, 2.05) is 6.92 Å². The van der Waals surface area contributed by atoms with Gasteiger partial charge in [0.2, 0.25) is 0 Å². The number of aliphatic carboxylic acids is 1. The average Bonchev–Trinajstić information content (AvgIpc) is 1.87. The number of carboxylic acids is 1. The van der Waals surface area contributed by atoms with Gasteiger partial charge in [-0.2, -0.15) is 0 Å². The normalized spacial score (nSPS) is 11.1. The van der Waals surface area contributed by atoms with Crippen LogP contribution in [0.2, 0.25) is 0 Å². The third-order valence-electron chi connectivity index (χ3n) is 1.09. The van der Waals surface area contributed by atoms with Crippen LogP contribution in [0.25, 0.3) is 0 Å². The minimum atomic E-state index is -0.846. The van der Waals surface area contributed by atoms with Crippen LogP contribution < -0.4 is 0 Å². The molecule has 0 saturated carbocycles. The van der Waals surface area contributed by atoms with Crippen molar-refractivity contribution >= 4 is 5.97 Å². The smallest absolute Gasteiger partial charge is 0.331 e. The Balaban J connectivity index is 4.10. The highest BCUT2D eigenvalue weighted by molar-refractivity contribution is 5.86. The van der Waals surface area contributed by atoms with Crippen molar-refractivity contribution < 1.29 is 9.90 Å². The summed E-state index contributed by atoms with van der Waals surface area (Å²) in [5.41, 5.74) is 0.428. The summed E-state index contributed by atoms with van der Waals surface area (Å²) in [6, 6.07) is 0. The number of carboxylic acid groups (broad SMARTS) is 1. The van der Waals surface area contributed by atoms with E-state index in [0.717, 1.165) is 6.42 Å². The minimum Gasteiger partial charge on any atom is -0.478 e. The first-order valence-corrected chi connectivity index (χ1v) is 3.25. The molecule has 0 aliphatic rings. The van der Waals surface area contributed by atoms with Gasteiger partial charge in [-0.25, -0.2) is 4.79 Å². The maximum absolute atomic E-state index is 10.4. The highest BCUT2D eigenvalue weighted by Crippen LogP contribution is 2.02. The molecule has 0 fully saturated rings. The fourth-order valence-electron chi connectivity index (χ4n) is 0.660. The molecule has 0 unspecified atom stereocenters. The zero-order valence-corrected chi connectivity index (χ0v) is 6.13. The summed E-state index contributed by atoms with van der Waals surface area (Å²) in [6.45, 7) is 5.37. The average molecular weight is 140 g/mol. The first-order valence-electron chi connectivity index (χ1n) is 3.25. The molecule has 0 aromatic carbocycles. The van der Waals surface area contributed by atoms with Crippen molar-refractivity contribution in [1.29, 1.82) is 0 Å². The Morgan fingerprint density at radius 2 is 2.30 bits per heavy atom. The van der Waals surface area contributed by atoms with Crippen LogP contribution in [-0.2, 0) is 4.79 Å². The predicted octanol–water partition coefficient (Wildman–Crippen LogP) is 1.98. The van der Waals surface area contributed by atoms with E-state index in [1.54, 1.807) is 12.2 Å². The van der Waals surface area contributed by atoms with Crippen LogP contribution in [0.5, 0.6) is 0 Å². The fraction of sp³-hybridized carbons (Fsp3) is 0.375. The quantitative estimate of drug-likeness (QED) is 0.479. The molecule has 0 aromatic heterocycles. The van der Waals surface area contributed by atoms with Crippen molar-refractivity contribution in [1.82, 2.24) is 0 Å². The van der Waals surface area contributed by atoms with Gasteiger partial charge < -0.3 is 5.11 Å². The molecule has 0 rings (SSSR count). The second-order valence-corrected chi connectivity index (χ2v) is 1.94. The summed E-state index contributed by atoms with van der Waals surface area (Å²) >= 11 is 0. The molecule has 2 nitrogen and oxygen atoms in total. The molecule has 0 saturated heterocycles. The maximum atomic E-state index is 10.4. The lowest BCUT2D eigenvalue weighted by molar-refractivity contribution is -0.132. The van der Waals surface area contributed by atoms with Gasteiger partial charge >= 0.3 is 5.97 Å². The molecule has 1 N–H and O–H groups in total. The third-order valence-corrected chi connectivity index (χ3v) is 1.09. The summed E-state index contributed by atoms with van der Waals surface area (Å²) in [5.74, 6) is -0.846. The molecule has 0 radical (unpaired) electrons. The van der Waals surface area contributed by atoms with E-state index in [-0.39, 0.29) is 0 Å². The molecular formula is C8H12O2. The van der Waals surface area contributed by atoms with Gasteiger partial charge in [0, 0.05) is 5.57 Å². The second kappa shape index (κ2) is 4.79. The molecule has 0 aromatic rings. The molecule has 0 spiro atoms. The largest absolute Gasteiger partial charge is 0.478 e. The van der Waals surface area contributed by atoms with E-state index >= 15 is 0 Å². The fourth-order valence-corrected chi connectivity index (χ4v) is 0.660. The Labute approximate surface area is 60.9 Å². The van der Waals surface area contributed by atoms with Gasteiger partial charge in [-0.05, 0) is 12.8 Å². The van der Waals surface area contributed by atoms with Gasteiger partial charge in [-0.15, -0.1) is 6.58 Å². The van der Waals surface area contributed by atoms with Crippen LogP contribution in [0, 0.1) is 0 Å². The molecule has 56 valence electrons. The van der Waals surface area contributed by atoms with E-state index in [2.05, 4.69) is 6.58 Å². The Morgan fingerprint density at radius 3 is 2.60 bits per heavy atom. The minimum absolute atomic E-state index is 0.428. The Hall–Kier alpha value is -1.05. The zero-order valence-electron chi connectivity index (χ0n) is 6.13. The van der Waals surface area contributed by atoms with Gasteiger partial charge in [-0.1, -0.05) is 19.1 Å². The molecule has 0 aliphatic carbocycles. The zero-order chi connectivity index (χ0) is 7.98. The molecule has 2 heteroatoms. The van der Waals surface area contributed by atoms with E-state index in [9.17, 15) is 4.79 Å². The Kier molecular flexibility index (Phi) is 4.29. The van der Waals surface area contributed by atoms with Crippen LogP contribution in [0.1, 0.15) is 19.8 Å². The van der Waals surface area contributed by atoms with Gasteiger partial charge in [0.25, 0.3) is 0 Å². The topological polar surface area (TPSA) is 37.3 Å². The lowest BCUT2D eigenvalue weighted by Crippen LogP contribution is -1.98. The van der Waals surface area contributed by atoms with Gasteiger partial charge in [-0.3, -0.25) is 0 Å². The Morgan fingerprint density at radius 1 is 1.70 bits per heavy atom. The van der Waals surface area contributed by atoms with Gasteiger partial charge in [0.15, 0.2) is 0 Å². The first-order chi connectivity index (χ1) is 4.72. The van der Waals surface area contributed by atoms with Gasteiger partial charge in [0.1, 0.15) is 0 Å². The lowest BCUT2D eigenvalue weighted by Gasteiger charge is -1.94. The van der Waals surface area contributed by atoms with E-state index in [4.69, 9.17) is 5.11 Å². The van der Waals surface area contributed by atoms with Crippen LogP contribution in [0.15, 0.2) is 24.3 Å². The predicted molar refractivity (Wildman–Crippen MR) is 40.8 cm³/mol. The SMILES string of the molecule is C=CCC(=CCC)C(=O)O. The third kappa shape index (κ3) is 3.07. The molecule has 0 amide bonds. The molecular weight excluding hydrogens is 128 g/mol. The first kappa shape index (κ1) is 8.95. The monoisotopic (exact) mass is 140 g/mol. The summed E-state index contributed by atoms with van der Waals surface area (Å²) in [4.78, 5) is 10.4. The number of hydrogen-bond acceptors (Lipinski definition) is 1. The van der Waals surface area contributed by atoms with Crippen LogP contribution in [0.4, 0.5) is 0 Å². The van der Waals surface area contributed by atoms with Crippen molar-refractivity contribution in [2.75, 3.05) is 0 Å². The number of carbonyl (C=O) groups is 1. The number of allylic oxidation sites excluding steroid dienone is 2. The van der Waals surface area contributed by atoms with Crippen molar-refractivity contribution in [2.24, 2.45) is 0 Å². The van der Waals surface area contributed by atoms with Crippen LogP contribution >= 0.6 is 0 Å². The molecule has 10 heavy (non-hydrogen) atoms. The second-order valence-electron chi connectivity index (χ2n) is 1.94. The van der Waals surface area contributed by atoms with E-state index < -0.39 is 5.97 Å². The Bertz CT molecular complexity index is 157. The highest BCUT2D eigenvalue weighted by Gasteiger charge is 2.01. The maximum Gasteiger partial charge on any atom is 0.331 e. The number of hydrogen-bond donors (Lipinski definition) is 1. The van der Waals surface area contributed by atoms with E-state index in [1.165, 1.54) is 0 Å². The van der Waals surface area contributed by atoms with Gasteiger partial charge in [0.05, 0.1) is 0 Å². The summed E-state index contributed by atoms with van der Waals surface area (Å²) in [6.07, 6.45) is 4.50. The molecule has 0 heterocycles. The standard InChI is InChI=1S/C8H12O2/c1-3-5-7(6-4-2)8(9)10/h3,6H,1,4-5H2,2H3,(H,9,10). The molecule has 0 bridgehead atoms. The molecule has 0 aliphatic heterocycles. The van der Waals surface area contributed by atoms with Crippen molar-refractivity contribution in [3.8, 4) is 0 Å². The summed E-state index contributed by atoms with van der Waals surface area (Å²) in [7, 11) is 0. The summed E-state index contributed by atoms with van der Waals surface area (Å²) < 4.78 is 0. The highest BCUT2D eigenvalue weighted by atomic mass is 16.4. The van der Waals surface area contributed by atoms with Crippen molar-refractivity contribution in [3.05, 3.63) is 24.3 Å².